The molecule has 0 bridgehead atoms. The molecule has 0 fully saturated rings. The van der Waals surface area contributed by atoms with Crippen molar-refractivity contribution in [2.24, 2.45) is 5.92 Å². The number of aromatic nitrogens is 1. The zero-order valence-corrected chi connectivity index (χ0v) is 18.3. The highest BCUT2D eigenvalue weighted by Crippen LogP contribution is 2.49. The molecule has 2 heterocycles. The molecule has 0 spiro atoms. The van der Waals surface area contributed by atoms with E-state index in [2.05, 4.69) is 37.9 Å². The van der Waals surface area contributed by atoms with Gasteiger partial charge in [0.05, 0.1) is 17.0 Å². The van der Waals surface area contributed by atoms with E-state index in [4.69, 9.17) is 0 Å². The lowest BCUT2D eigenvalue weighted by Gasteiger charge is -2.28. The van der Waals surface area contributed by atoms with Gasteiger partial charge in [-0.1, -0.05) is 33.6 Å². The van der Waals surface area contributed by atoms with E-state index in [-0.39, 0.29) is 11.7 Å². The number of carbonyl (C=O) groups is 3. The average molecular weight is 409 g/mol. The zero-order chi connectivity index (χ0) is 21.5. The minimum atomic E-state index is -0.552. The molecule has 30 heavy (non-hydrogen) atoms. The molecule has 2 aromatic rings. The summed E-state index contributed by atoms with van der Waals surface area (Å²) in [6, 6.07) is 4.26. The SMILES string of the molecule is CCCN1C(=O)C(CCC)(CCC)c2cc3[nH]c4c(c3cc21)CCCC(C=O)C4=O. The van der Waals surface area contributed by atoms with Crippen molar-refractivity contribution in [2.75, 3.05) is 11.4 Å². The van der Waals surface area contributed by atoms with E-state index in [0.29, 0.717) is 18.7 Å². The number of aromatic amines is 1. The maximum Gasteiger partial charge on any atom is 0.237 e. The number of amides is 1. The highest BCUT2D eigenvalue weighted by atomic mass is 16.2. The van der Waals surface area contributed by atoms with Crippen LogP contribution in [-0.2, 0) is 21.4 Å². The number of rotatable bonds is 7. The van der Waals surface area contributed by atoms with E-state index >= 15 is 0 Å². The first-order valence-electron chi connectivity index (χ1n) is 11.5. The quantitative estimate of drug-likeness (QED) is 0.394. The monoisotopic (exact) mass is 408 g/mol. The first-order chi connectivity index (χ1) is 14.5. The number of H-pyrrole nitrogens is 1. The van der Waals surface area contributed by atoms with Crippen molar-refractivity contribution in [3.63, 3.8) is 0 Å². The maximum atomic E-state index is 13.7. The Hall–Kier alpha value is -2.43. The molecular weight excluding hydrogens is 376 g/mol. The zero-order valence-electron chi connectivity index (χ0n) is 18.3. The molecule has 1 amide bonds. The molecule has 1 N–H and O–H groups in total. The Morgan fingerprint density at radius 2 is 1.87 bits per heavy atom. The summed E-state index contributed by atoms with van der Waals surface area (Å²) >= 11 is 0. The second-order valence-corrected chi connectivity index (χ2v) is 8.93. The van der Waals surface area contributed by atoms with Crippen molar-refractivity contribution < 1.29 is 14.4 Å². The van der Waals surface area contributed by atoms with Crippen molar-refractivity contribution in [3.8, 4) is 0 Å². The number of aldehydes is 1. The number of anilines is 1. The van der Waals surface area contributed by atoms with Crippen LogP contribution in [0.5, 0.6) is 0 Å². The van der Waals surface area contributed by atoms with E-state index in [0.717, 1.165) is 78.9 Å². The third-order valence-corrected chi connectivity index (χ3v) is 6.97. The molecule has 1 aliphatic heterocycles. The van der Waals surface area contributed by atoms with Crippen LogP contribution in [0.1, 0.15) is 87.3 Å². The Morgan fingerprint density at radius 3 is 2.50 bits per heavy atom. The largest absolute Gasteiger partial charge is 0.352 e. The molecule has 5 nitrogen and oxygen atoms in total. The van der Waals surface area contributed by atoms with Crippen LogP contribution >= 0.6 is 0 Å². The van der Waals surface area contributed by atoms with Crippen LogP contribution in [0.2, 0.25) is 0 Å². The van der Waals surface area contributed by atoms with Crippen LogP contribution in [0, 0.1) is 5.92 Å². The lowest BCUT2D eigenvalue weighted by molar-refractivity contribution is -0.123. The Labute approximate surface area is 178 Å². The number of Topliss-reactive ketones (excluding diaryl/α,β-unsaturated/α-hetero) is 1. The van der Waals surface area contributed by atoms with Gasteiger partial charge in [-0.3, -0.25) is 9.59 Å². The van der Waals surface area contributed by atoms with Gasteiger partial charge < -0.3 is 14.7 Å². The minimum absolute atomic E-state index is 0.0938. The molecule has 160 valence electrons. The third kappa shape index (κ3) is 2.93. The second-order valence-electron chi connectivity index (χ2n) is 8.93. The van der Waals surface area contributed by atoms with E-state index in [1.165, 1.54) is 0 Å². The van der Waals surface area contributed by atoms with Crippen LogP contribution in [0.25, 0.3) is 10.9 Å². The molecule has 2 aliphatic rings. The van der Waals surface area contributed by atoms with Gasteiger partial charge in [0.25, 0.3) is 0 Å². The predicted octanol–water partition coefficient (Wildman–Crippen LogP) is 5.10. The molecular formula is C25H32N2O3. The molecule has 4 rings (SSSR count). The van der Waals surface area contributed by atoms with Gasteiger partial charge in [0.1, 0.15) is 6.29 Å². The van der Waals surface area contributed by atoms with Crippen molar-refractivity contribution in [2.45, 2.75) is 77.6 Å². The summed E-state index contributed by atoms with van der Waals surface area (Å²) in [5.41, 5.74) is 4.17. The van der Waals surface area contributed by atoms with E-state index in [1.807, 2.05) is 4.90 Å². The number of carbonyl (C=O) groups excluding carboxylic acids is 3. The van der Waals surface area contributed by atoms with E-state index < -0.39 is 11.3 Å². The van der Waals surface area contributed by atoms with Crippen LogP contribution in [0.15, 0.2) is 12.1 Å². The fraction of sp³-hybridized carbons (Fsp3) is 0.560. The summed E-state index contributed by atoms with van der Waals surface area (Å²) in [6.45, 7) is 7.10. The minimum Gasteiger partial charge on any atom is -0.352 e. The topological polar surface area (TPSA) is 70.2 Å². The summed E-state index contributed by atoms with van der Waals surface area (Å²) in [6.07, 6.45) is 7.47. The van der Waals surface area contributed by atoms with Gasteiger partial charge >= 0.3 is 0 Å². The van der Waals surface area contributed by atoms with Gasteiger partial charge in [0, 0.05) is 23.1 Å². The van der Waals surface area contributed by atoms with E-state index in [1.54, 1.807) is 0 Å². The fourth-order valence-electron chi connectivity index (χ4n) is 5.70. The Balaban J connectivity index is 1.95. The van der Waals surface area contributed by atoms with Gasteiger partial charge in [-0.2, -0.15) is 0 Å². The number of hydrogen-bond acceptors (Lipinski definition) is 3. The lowest BCUT2D eigenvalue weighted by atomic mass is 9.74. The highest BCUT2D eigenvalue weighted by Gasteiger charge is 2.49. The molecule has 1 atom stereocenters. The van der Waals surface area contributed by atoms with Gasteiger partial charge in [0.15, 0.2) is 5.78 Å². The molecule has 0 saturated carbocycles. The summed E-state index contributed by atoms with van der Waals surface area (Å²) < 4.78 is 0. The first-order valence-corrected chi connectivity index (χ1v) is 11.5. The molecule has 1 aliphatic carbocycles. The van der Waals surface area contributed by atoms with Crippen LogP contribution in [0.3, 0.4) is 0 Å². The molecule has 1 aromatic carbocycles. The van der Waals surface area contributed by atoms with Crippen molar-refractivity contribution in [1.82, 2.24) is 4.98 Å². The first kappa shape index (κ1) is 20.8. The normalized spacial score (nSPS) is 20.4. The molecule has 1 unspecified atom stereocenters. The van der Waals surface area contributed by atoms with Crippen molar-refractivity contribution in [1.29, 1.82) is 0 Å². The number of aryl methyl sites for hydroxylation is 1. The number of ketones is 1. The van der Waals surface area contributed by atoms with Crippen LogP contribution < -0.4 is 4.90 Å². The number of nitrogens with one attached hydrogen (secondary N) is 1. The second kappa shape index (κ2) is 8.01. The number of hydrogen-bond donors (Lipinski definition) is 1. The smallest absolute Gasteiger partial charge is 0.237 e. The van der Waals surface area contributed by atoms with Gasteiger partial charge in [-0.05, 0) is 61.8 Å². The van der Waals surface area contributed by atoms with Gasteiger partial charge in [-0.15, -0.1) is 0 Å². The van der Waals surface area contributed by atoms with Crippen LogP contribution in [-0.4, -0.2) is 29.5 Å². The lowest BCUT2D eigenvalue weighted by Crippen LogP contribution is -2.40. The fourth-order valence-corrected chi connectivity index (χ4v) is 5.70. The number of benzene rings is 1. The molecule has 0 radical (unpaired) electrons. The summed E-state index contributed by atoms with van der Waals surface area (Å²) in [5.74, 6) is -0.411. The van der Waals surface area contributed by atoms with Crippen LogP contribution in [0.4, 0.5) is 5.69 Å². The number of fused-ring (bicyclic) bond motifs is 4. The highest BCUT2D eigenvalue weighted by molar-refractivity contribution is 6.13. The van der Waals surface area contributed by atoms with Crippen molar-refractivity contribution >= 4 is 34.6 Å². The molecule has 0 saturated heterocycles. The standard InChI is InChI=1S/C25H32N2O3/c1-4-10-25(11-5-2)19-14-20-18(13-21(19)27(12-6-3)24(25)30)17-9-7-8-16(15-28)23(29)22(17)26-20/h13-16,26H,4-12H2,1-3H3. The third-order valence-electron chi connectivity index (χ3n) is 6.97. The Kier molecular flexibility index (Phi) is 5.56. The van der Waals surface area contributed by atoms with Gasteiger partial charge in [0.2, 0.25) is 5.91 Å². The summed E-state index contributed by atoms with van der Waals surface area (Å²) in [5, 5.41) is 1.03. The average Bonchev–Trinajstić information content (AvgIpc) is 3.13. The van der Waals surface area contributed by atoms with E-state index in [9.17, 15) is 14.4 Å². The predicted molar refractivity (Wildman–Crippen MR) is 119 cm³/mol. The summed E-state index contributed by atoms with van der Waals surface area (Å²) in [4.78, 5) is 43.3. The number of nitrogens with zero attached hydrogens (tertiary/aromatic N) is 1. The van der Waals surface area contributed by atoms with Crippen molar-refractivity contribution in [3.05, 3.63) is 29.0 Å². The Bertz CT molecular complexity index is 997. The van der Waals surface area contributed by atoms with Gasteiger partial charge in [-0.25, -0.2) is 0 Å². The summed E-state index contributed by atoms with van der Waals surface area (Å²) in [7, 11) is 0. The maximum absolute atomic E-state index is 13.7. The Morgan fingerprint density at radius 1 is 1.13 bits per heavy atom. The molecule has 1 aromatic heterocycles. The molecule has 5 heteroatoms.